The number of esters is 1. The highest BCUT2D eigenvalue weighted by Gasteiger charge is 2.24. The molecule has 0 saturated heterocycles. The minimum Gasteiger partial charge on any atom is -0.468 e. The molecule has 18 heavy (non-hydrogen) atoms. The standard InChI is InChI=1S/C13H13NO4/c1-18-12(16)7-14-13(17)10-4-2-3-9-8(10)5-6-11(9)15/h2-4H,5-7H2,1H3,(H,14,17). The van der Waals surface area contributed by atoms with E-state index in [1.807, 2.05) is 0 Å². The Hall–Kier alpha value is -2.17. The summed E-state index contributed by atoms with van der Waals surface area (Å²) in [6.07, 6.45) is 1.02. The second-order valence-corrected chi connectivity index (χ2v) is 4.01. The number of hydrogen-bond acceptors (Lipinski definition) is 4. The number of hydrogen-bond donors (Lipinski definition) is 1. The normalized spacial score (nSPS) is 13.1. The molecular weight excluding hydrogens is 234 g/mol. The fourth-order valence-corrected chi connectivity index (χ4v) is 2.02. The molecule has 0 bridgehead atoms. The van der Waals surface area contributed by atoms with Gasteiger partial charge in [-0.3, -0.25) is 14.4 Å². The zero-order valence-corrected chi connectivity index (χ0v) is 9.99. The molecule has 0 heterocycles. The maximum absolute atomic E-state index is 11.9. The van der Waals surface area contributed by atoms with Gasteiger partial charge in [0, 0.05) is 17.5 Å². The summed E-state index contributed by atoms with van der Waals surface area (Å²) in [5.41, 5.74) is 1.84. The molecule has 0 fully saturated rings. The van der Waals surface area contributed by atoms with E-state index < -0.39 is 5.97 Å². The summed E-state index contributed by atoms with van der Waals surface area (Å²) in [5.74, 6) is -0.799. The first-order valence-electron chi connectivity index (χ1n) is 5.63. The molecule has 5 nitrogen and oxygen atoms in total. The summed E-state index contributed by atoms with van der Waals surface area (Å²) in [7, 11) is 1.26. The molecule has 0 unspecified atom stereocenters. The van der Waals surface area contributed by atoms with Crippen LogP contribution in [0.5, 0.6) is 0 Å². The molecule has 0 spiro atoms. The molecule has 0 atom stereocenters. The first kappa shape index (κ1) is 12.3. The van der Waals surface area contributed by atoms with Gasteiger partial charge in [-0.1, -0.05) is 12.1 Å². The number of rotatable bonds is 3. The van der Waals surface area contributed by atoms with Crippen molar-refractivity contribution in [3.05, 3.63) is 34.9 Å². The molecule has 0 aliphatic heterocycles. The molecule has 0 saturated carbocycles. The van der Waals surface area contributed by atoms with E-state index in [-0.39, 0.29) is 18.2 Å². The predicted octanol–water partition coefficient (Wildman–Crippen LogP) is 0.718. The average Bonchev–Trinajstić information content (AvgIpc) is 2.77. The number of Topliss-reactive ketones (excluding diaryl/α,β-unsaturated/α-hetero) is 1. The van der Waals surface area contributed by atoms with Gasteiger partial charge in [-0.2, -0.15) is 0 Å². The Balaban J connectivity index is 2.17. The molecule has 1 aromatic rings. The second kappa shape index (κ2) is 5.00. The number of nitrogens with one attached hydrogen (secondary N) is 1. The van der Waals surface area contributed by atoms with Crippen LogP contribution in [0, 0.1) is 0 Å². The minimum atomic E-state index is -0.507. The highest BCUT2D eigenvalue weighted by molar-refractivity contribution is 6.06. The maximum atomic E-state index is 11.9. The van der Waals surface area contributed by atoms with Crippen molar-refractivity contribution in [3.8, 4) is 0 Å². The van der Waals surface area contributed by atoms with Crippen LogP contribution in [0.15, 0.2) is 18.2 Å². The number of fused-ring (bicyclic) bond motifs is 1. The molecule has 0 radical (unpaired) electrons. The van der Waals surface area contributed by atoms with E-state index >= 15 is 0 Å². The fraction of sp³-hybridized carbons (Fsp3) is 0.308. The lowest BCUT2D eigenvalue weighted by Gasteiger charge is -2.07. The molecule has 94 valence electrons. The van der Waals surface area contributed by atoms with Gasteiger partial charge in [0.15, 0.2) is 5.78 Å². The Kier molecular flexibility index (Phi) is 3.41. The SMILES string of the molecule is COC(=O)CNC(=O)c1cccc2c1CCC2=O. The predicted molar refractivity (Wildman–Crippen MR) is 63.4 cm³/mol. The topological polar surface area (TPSA) is 72.5 Å². The van der Waals surface area contributed by atoms with Crippen molar-refractivity contribution in [2.45, 2.75) is 12.8 Å². The van der Waals surface area contributed by atoms with Gasteiger partial charge in [-0.25, -0.2) is 0 Å². The van der Waals surface area contributed by atoms with Gasteiger partial charge in [0.05, 0.1) is 7.11 Å². The fourth-order valence-electron chi connectivity index (χ4n) is 2.02. The van der Waals surface area contributed by atoms with Gasteiger partial charge in [-0.05, 0) is 18.1 Å². The first-order chi connectivity index (χ1) is 8.63. The van der Waals surface area contributed by atoms with Gasteiger partial charge < -0.3 is 10.1 Å². The van der Waals surface area contributed by atoms with Crippen LogP contribution in [0.2, 0.25) is 0 Å². The van der Waals surface area contributed by atoms with E-state index in [4.69, 9.17) is 0 Å². The highest BCUT2D eigenvalue weighted by atomic mass is 16.5. The van der Waals surface area contributed by atoms with Gasteiger partial charge in [0.2, 0.25) is 0 Å². The Bertz CT molecular complexity index is 522. The monoisotopic (exact) mass is 247 g/mol. The number of carbonyl (C=O) groups excluding carboxylic acids is 3. The average molecular weight is 247 g/mol. The summed E-state index contributed by atoms with van der Waals surface area (Å²) >= 11 is 0. The molecule has 1 aromatic carbocycles. The zero-order valence-electron chi connectivity index (χ0n) is 9.99. The number of carbonyl (C=O) groups is 3. The summed E-state index contributed by atoms with van der Waals surface area (Å²) < 4.78 is 4.44. The van der Waals surface area contributed by atoms with Gasteiger partial charge in [-0.15, -0.1) is 0 Å². The third kappa shape index (κ3) is 2.25. The number of methoxy groups -OCH3 is 1. The van der Waals surface area contributed by atoms with Crippen molar-refractivity contribution in [2.24, 2.45) is 0 Å². The molecule has 1 aliphatic rings. The van der Waals surface area contributed by atoms with E-state index in [0.717, 1.165) is 5.56 Å². The lowest BCUT2D eigenvalue weighted by atomic mass is 10.0. The number of amides is 1. The number of benzene rings is 1. The smallest absolute Gasteiger partial charge is 0.325 e. The van der Waals surface area contributed by atoms with Gasteiger partial charge in [0.1, 0.15) is 6.54 Å². The Morgan fingerprint density at radius 3 is 2.83 bits per heavy atom. The van der Waals surface area contributed by atoms with Crippen molar-refractivity contribution in [2.75, 3.05) is 13.7 Å². The van der Waals surface area contributed by atoms with Crippen molar-refractivity contribution in [3.63, 3.8) is 0 Å². The Labute approximate surface area is 104 Å². The quantitative estimate of drug-likeness (QED) is 0.799. The lowest BCUT2D eigenvalue weighted by Crippen LogP contribution is -2.30. The largest absolute Gasteiger partial charge is 0.468 e. The molecular formula is C13H13NO4. The van der Waals surface area contributed by atoms with Crippen molar-refractivity contribution in [1.29, 1.82) is 0 Å². The van der Waals surface area contributed by atoms with Crippen LogP contribution in [-0.4, -0.2) is 31.3 Å². The van der Waals surface area contributed by atoms with Crippen LogP contribution in [0.25, 0.3) is 0 Å². The summed E-state index contributed by atoms with van der Waals surface area (Å²) in [6.45, 7) is -0.174. The third-order valence-corrected chi connectivity index (χ3v) is 2.94. The molecule has 1 aliphatic carbocycles. The summed E-state index contributed by atoms with van der Waals surface area (Å²) in [4.78, 5) is 34.4. The van der Waals surface area contributed by atoms with E-state index in [9.17, 15) is 14.4 Å². The first-order valence-corrected chi connectivity index (χ1v) is 5.63. The molecule has 2 rings (SSSR count). The Morgan fingerprint density at radius 1 is 1.33 bits per heavy atom. The molecule has 1 N–H and O–H groups in total. The van der Waals surface area contributed by atoms with E-state index in [1.165, 1.54) is 7.11 Å². The molecule has 5 heteroatoms. The van der Waals surface area contributed by atoms with Gasteiger partial charge in [0.25, 0.3) is 5.91 Å². The highest BCUT2D eigenvalue weighted by Crippen LogP contribution is 2.25. The van der Waals surface area contributed by atoms with E-state index in [2.05, 4.69) is 10.1 Å². The molecule has 1 amide bonds. The van der Waals surface area contributed by atoms with Gasteiger partial charge >= 0.3 is 5.97 Å². The van der Waals surface area contributed by atoms with Crippen molar-refractivity contribution < 1.29 is 19.1 Å². The zero-order chi connectivity index (χ0) is 13.1. The van der Waals surface area contributed by atoms with Crippen LogP contribution in [0.3, 0.4) is 0 Å². The Morgan fingerprint density at radius 2 is 2.11 bits per heavy atom. The van der Waals surface area contributed by atoms with Crippen LogP contribution in [0.1, 0.15) is 32.7 Å². The lowest BCUT2D eigenvalue weighted by molar-refractivity contribution is -0.139. The molecule has 0 aromatic heterocycles. The van der Waals surface area contributed by atoms with E-state index in [0.29, 0.717) is 24.0 Å². The summed E-state index contributed by atoms with van der Waals surface area (Å²) in [6, 6.07) is 5.06. The maximum Gasteiger partial charge on any atom is 0.325 e. The van der Waals surface area contributed by atoms with Crippen LogP contribution in [0.4, 0.5) is 0 Å². The van der Waals surface area contributed by atoms with E-state index in [1.54, 1.807) is 18.2 Å². The minimum absolute atomic E-state index is 0.0626. The number of ether oxygens (including phenoxy) is 1. The van der Waals surface area contributed by atoms with Crippen LogP contribution < -0.4 is 5.32 Å². The van der Waals surface area contributed by atoms with Crippen LogP contribution >= 0.6 is 0 Å². The summed E-state index contributed by atoms with van der Waals surface area (Å²) in [5, 5.41) is 2.47. The van der Waals surface area contributed by atoms with Crippen molar-refractivity contribution in [1.82, 2.24) is 5.32 Å². The number of ketones is 1. The van der Waals surface area contributed by atoms with Crippen molar-refractivity contribution >= 4 is 17.7 Å². The second-order valence-electron chi connectivity index (χ2n) is 4.01. The third-order valence-electron chi connectivity index (χ3n) is 2.94. The van der Waals surface area contributed by atoms with Crippen LogP contribution in [-0.2, 0) is 16.0 Å².